The van der Waals surface area contributed by atoms with Gasteiger partial charge in [0.15, 0.2) is 0 Å². The normalized spacial score (nSPS) is 19.6. The molecule has 1 aliphatic heterocycles. The van der Waals surface area contributed by atoms with Crippen molar-refractivity contribution in [2.45, 2.75) is 57.6 Å². The van der Waals surface area contributed by atoms with Gasteiger partial charge in [0.1, 0.15) is 11.0 Å². The van der Waals surface area contributed by atoms with E-state index in [0.29, 0.717) is 0 Å². The van der Waals surface area contributed by atoms with Crippen LogP contribution in [0.3, 0.4) is 0 Å². The van der Waals surface area contributed by atoms with Crippen molar-refractivity contribution >= 4 is 22.9 Å². The fraction of sp³-hybridized carbons (Fsp3) is 0.556. The molecule has 1 atom stereocenters. The first kappa shape index (κ1) is 17.9. The molecule has 1 unspecified atom stereocenters. The van der Waals surface area contributed by atoms with Crippen LogP contribution in [0.15, 0.2) is 12.1 Å². The molecule has 1 aromatic carbocycles. The average molecular weight is 335 g/mol. The Kier molecular flexibility index (Phi) is 4.31. The smallest absolute Gasteiger partial charge is 0.289 e. The van der Waals surface area contributed by atoms with Crippen LogP contribution < -0.4 is 0 Å². The number of nitrogens with zero attached hydrogens (tertiary/aromatic N) is 1. The Morgan fingerprint density at radius 1 is 1.00 bits per heavy atom. The summed E-state index contributed by atoms with van der Waals surface area (Å²) in [6.07, 6.45) is 0. The van der Waals surface area contributed by atoms with E-state index in [0.717, 1.165) is 33.4 Å². The van der Waals surface area contributed by atoms with Gasteiger partial charge in [-0.1, -0.05) is 41.5 Å². The number of aromatic hydroxyl groups is 1. The maximum Gasteiger partial charge on any atom is 0.289 e. The Labute approximate surface area is 142 Å². The number of rotatable bonds is 1. The minimum Gasteiger partial charge on any atom is -0.507 e. The molecule has 1 saturated heterocycles. The second kappa shape index (κ2) is 5.55. The third kappa shape index (κ3) is 3.25. The summed E-state index contributed by atoms with van der Waals surface area (Å²) in [5.74, 6) is 0.0780. The number of carbonyl (C=O) groups excluding carboxylic acids is 2. The molecule has 0 radical (unpaired) electrons. The van der Waals surface area contributed by atoms with E-state index in [9.17, 15) is 14.7 Å². The van der Waals surface area contributed by atoms with Gasteiger partial charge in [-0.15, -0.1) is 0 Å². The van der Waals surface area contributed by atoms with E-state index in [1.807, 2.05) is 53.7 Å². The van der Waals surface area contributed by atoms with Gasteiger partial charge in [-0.25, -0.2) is 0 Å². The summed E-state index contributed by atoms with van der Waals surface area (Å²) in [6, 6.07) is 3.74. The number of thioether (sulfide) groups is 1. The number of carbonyl (C=O) groups is 2. The standard InChI is InChI=1S/C18H25NO3S/c1-17(2,3)11-8-10(9-12(13(11)20)18(4,5)6)14-15(21)19(7)16(22)23-14/h8-9,14,20H,1-7H3. The van der Waals surface area contributed by atoms with Gasteiger partial charge in [-0.3, -0.25) is 14.5 Å². The van der Waals surface area contributed by atoms with Crippen molar-refractivity contribution in [3.63, 3.8) is 0 Å². The van der Waals surface area contributed by atoms with Gasteiger partial charge in [0.2, 0.25) is 5.91 Å². The Hall–Kier alpha value is -1.49. The monoisotopic (exact) mass is 335 g/mol. The first-order valence-electron chi connectivity index (χ1n) is 7.70. The molecule has 2 rings (SSSR count). The fourth-order valence-electron chi connectivity index (χ4n) is 2.66. The van der Waals surface area contributed by atoms with Crippen molar-refractivity contribution in [3.05, 3.63) is 28.8 Å². The lowest BCUT2D eigenvalue weighted by atomic mass is 9.78. The molecular formula is C18H25NO3S. The van der Waals surface area contributed by atoms with Crippen LogP contribution in [0.1, 0.15) is 63.5 Å². The maximum absolute atomic E-state index is 12.3. The van der Waals surface area contributed by atoms with E-state index in [1.165, 1.54) is 7.05 Å². The van der Waals surface area contributed by atoms with Crippen LogP contribution in [0.4, 0.5) is 4.79 Å². The first-order chi connectivity index (χ1) is 10.3. The van der Waals surface area contributed by atoms with Gasteiger partial charge < -0.3 is 5.11 Å². The second-order valence-corrected chi connectivity index (χ2v) is 9.18. The van der Waals surface area contributed by atoms with Crippen molar-refractivity contribution in [2.75, 3.05) is 7.05 Å². The first-order valence-corrected chi connectivity index (χ1v) is 8.58. The van der Waals surface area contributed by atoms with Crippen LogP contribution in [0, 0.1) is 0 Å². The minimum absolute atomic E-state index is 0.203. The number of phenols is 1. The number of likely N-dealkylation sites (N-methyl/N-ethyl adjacent to an activating group) is 1. The van der Waals surface area contributed by atoms with Gasteiger partial charge in [-0.05, 0) is 51.4 Å². The van der Waals surface area contributed by atoms with Crippen molar-refractivity contribution in [2.24, 2.45) is 0 Å². The van der Waals surface area contributed by atoms with E-state index in [-0.39, 0.29) is 27.7 Å². The minimum atomic E-state index is -0.532. The van der Waals surface area contributed by atoms with Gasteiger partial charge in [0, 0.05) is 7.05 Å². The number of hydrogen-bond donors (Lipinski definition) is 1. The van der Waals surface area contributed by atoms with Crippen LogP contribution in [0.25, 0.3) is 0 Å². The molecule has 0 spiro atoms. The highest BCUT2D eigenvalue weighted by molar-refractivity contribution is 8.14. The summed E-state index contributed by atoms with van der Waals surface area (Å²) in [5.41, 5.74) is 1.86. The zero-order valence-electron chi connectivity index (χ0n) is 14.9. The van der Waals surface area contributed by atoms with Gasteiger partial charge in [-0.2, -0.15) is 0 Å². The van der Waals surface area contributed by atoms with E-state index in [1.54, 1.807) is 0 Å². The van der Waals surface area contributed by atoms with Crippen molar-refractivity contribution < 1.29 is 14.7 Å². The van der Waals surface area contributed by atoms with Gasteiger partial charge >= 0.3 is 0 Å². The molecule has 1 N–H and O–H groups in total. The Morgan fingerprint density at radius 3 is 1.74 bits per heavy atom. The topological polar surface area (TPSA) is 57.6 Å². The maximum atomic E-state index is 12.3. The molecule has 2 amide bonds. The number of amides is 2. The number of hydrogen-bond acceptors (Lipinski definition) is 4. The number of phenolic OH excluding ortho intramolecular Hbond substituents is 1. The Morgan fingerprint density at radius 2 is 1.43 bits per heavy atom. The zero-order chi connectivity index (χ0) is 17.7. The zero-order valence-corrected chi connectivity index (χ0v) is 15.7. The molecular weight excluding hydrogens is 310 g/mol. The molecule has 0 aromatic heterocycles. The van der Waals surface area contributed by atoms with Crippen LogP contribution in [0.2, 0.25) is 0 Å². The Balaban J connectivity index is 2.66. The Bertz CT molecular complexity index is 633. The third-order valence-electron chi connectivity index (χ3n) is 4.10. The van der Waals surface area contributed by atoms with Crippen molar-refractivity contribution in [1.29, 1.82) is 0 Å². The van der Waals surface area contributed by atoms with Crippen LogP contribution in [-0.2, 0) is 15.6 Å². The lowest BCUT2D eigenvalue weighted by molar-refractivity contribution is -0.125. The summed E-state index contributed by atoms with van der Waals surface area (Å²) in [5, 5.41) is 9.96. The highest BCUT2D eigenvalue weighted by atomic mass is 32.2. The van der Waals surface area contributed by atoms with Crippen molar-refractivity contribution in [3.8, 4) is 5.75 Å². The predicted octanol–water partition coefficient (Wildman–Crippen LogP) is 4.35. The SMILES string of the molecule is CN1C(=O)SC(c2cc(C(C)(C)C)c(O)c(C(C)(C)C)c2)C1=O. The molecule has 1 aliphatic rings. The van der Waals surface area contributed by atoms with Crippen LogP contribution >= 0.6 is 11.8 Å². The molecule has 0 bridgehead atoms. The second-order valence-electron chi connectivity index (χ2n) is 8.13. The highest BCUT2D eigenvalue weighted by Crippen LogP contribution is 2.45. The van der Waals surface area contributed by atoms with Crippen molar-refractivity contribution in [1.82, 2.24) is 4.90 Å². The summed E-state index contributed by atoms with van der Waals surface area (Å²) in [4.78, 5) is 25.3. The third-order valence-corrected chi connectivity index (χ3v) is 5.28. The van der Waals surface area contributed by atoms with Gasteiger partial charge in [0.25, 0.3) is 5.24 Å². The largest absolute Gasteiger partial charge is 0.507 e. The lowest BCUT2D eigenvalue weighted by Crippen LogP contribution is -2.25. The summed E-state index contributed by atoms with van der Waals surface area (Å²) in [7, 11) is 1.51. The molecule has 0 aliphatic carbocycles. The van der Waals surface area contributed by atoms with E-state index < -0.39 is 5.25 Å². The van der Waals surface area contributed by atoms with Crippen LogP contribution in [-0.4, -0.2) is 28.2 Å². The van der Waals surface area contributed by atoms with E-state index >= 15 is 0 Å². The molecule has 1 fully saturated rings. The number of benzene rings is 1. The lowest BCUT2D eigenvalue weighted by Gasteiger charge is -2.28. The molecule has 0 saturated carbocycles. The predicted molar refractivity (Wildman–Crippen MR) is 94.0 cm³/mol. The molecule has 1 aromatic rings. The average Bonchev–Trinajstić information content (AvgIpc) is 2.64. The summed E-state index contributed by atoms with van der Waals surface area (Å²) in [6.45, 7) is 12.2. The molecule has 23 heavy (non-hydrogen) atoms. The number of imide groups is 1. The molecule has 4 nitrogen and oxygen atoms in total. The molecule has 126 valence electrons. The summed E-state index contributed by atoms with van der Waals surface area (Å²) < 4.78 is 0. The fourth-order valence-corrected chi connectivity index (χ4v) is 3.64. The molecule has 1 heterocycles. The summed E-state index contributed by atoms with van der Waals surface area (Å²) >= 11 is 1.04. The quantitative estimate of drug-likeness (QED) is 0.829. The van der Waals surface area contributed by atoms with Crippen LogP contribution in [0.5, 0.6) is 5.75 Å². The van der Waals surface area contributed by atoms with E-state index in [4.69, 9.17) is 0 Å². The molecule has 5 heteroatoms. The van der Waals surface area contributed by atoms with E-state index in [2.05, 4.69) is 0 Å². The highest BCUT2D eigenvalue weighted by Gasteiger charge is 2.39. The van der Waals surface area contributed by atoms with Gasteiger partial charge in [0.05, 0.1) is 0 Å².